The third kappa shape index (κ3) is 3.12. The number of likely N-dealkylation sites (N-methyl/N-ethyl adjacent to an activating group) is 1. The van der Waals surface area contributed by atoms with Crippen molar-refractivity contribution in [3.8, 4) is 0 Å². The third-order valence-electron chi connectivity index (χ3n) is 4.80. The highest BCUT2D eigenvalue weighted by Crippen LogP contribution is 2.45. The van der Waals surface area contributed by atoms with Gasteiger partial charge in [0.15, 0.2) is 5.11 Å². The summed E-state index contributed by atoms with van der Waals surface area (Å²) in [5.74, 6) is -0.0848. The Morgan fingerprint density at radius 1 is 0.929 bits per heavy atom. The minimum atomic E-state index is -0.0848. The summed E-state index contributed by atoms with van der Waals surface area (Å²) >= 11 is 7.33. The minimum absolute atomic E-state index is 0.0848. The average molecular weight is 408 g/mol. The molecule has 0 N–H and O–H groups in total. The zero-order valence-electron chi connectivity index (χ0n) is 15.8. The van der Waals surface area contributed by atoms with Crippen molar-refractivity contribution in [1.82, 2.24) is 4.90 Å². The van der Waals surface area contributed by atoms with Crippen molar-refractivity contribution < 1.29 is 4.79 Å². The second-order valence-electron chi connectivity index (χ2n) is 6.37. The lowest BCUT2D eigenvalue weighted by Gasteiger charge is -2.18. The van der Waals surface area contributed by atoms with E-state index in [1.165, 1.54) is 10.6 Å². The van der Waals surface area contributed by atoms with E-state index in [9.17, 15) is 4.79 Å². The van der Waals surface area contributed by atoms with Crippen molar-refractivity contribution in [3.05, 3.63) is 77.5 Å². The first-order chi connectivity index (χ1) is 13.7. The van der Waals surface area contributed by atoms with Crippen molar-refractivity contribution in [2.75, 3.05) is 22.9 Å². The number of fused-ring (bicyclic) bond motifs is 1. The van der Waals surface area contributed by atoms with E-state index in [0.717, 1.165) is 17.3 Å². The van der Waals surface area contributed by atoms with Crippen LogP contribution in [0.2, 0.25) is 0 Å². The van der Waals surface area contributed by atoms with Crippen molar-refractivity contribution in [1.29, 1.82) is 0 Å². The van der Waals surface area contributed by atoms with Crippen molar-refractivity contribution in [2.45, 2.75) is 18.7 Å². The van der Waals surface area contributed by atoms with Crippen LogP contribution < -0.4 is 9.80 Å². The SMILES string of the molecule is CCN1C(=S)N(c2ccccc2)C(=O)C1=CC=C1Sc2ccccc2N1CC. The number of nitrogens with zero attached hydrogens (tertiary/aromatic N) is 3. The molecule has 6 heteroatoms. The minimum Gasteiger partial charge on any atom is -0.335 e. The van der Waals surface area contributed by atoms with Gasteiger partial charge in [-0.15, -0.1) is 0 Å². The van der Waals surface area contributed by atoms with Crippen LogP contribution in [0.25, 0.3) is 0 Å². The Morgan fingerprint density at radius 2 is 1.61 bits per heavy atom. The number of hydrogen-bond donors (Lipinski definition) is 0. The van der Waals surface area contributed by atoms with Crippen LogP contribution in [0, 0.1) is 0 Å². The Morgan fingerprint density at radius 3 is 2.32 bits per heavy atom. The number of allylic oxidation sites excluding steroid dienone is 2. The van der Waals surface area contributed by atoms with Crippen LogP contribution in [0.5, 0.6) is 0 Å². The number of benzene rings is 2. The maximum Gasteiger partial charge on any atom is 0.281 e. The monoisotopic (exact) mass is 407 g/mol. The quantitative estimate of drug-likeness (QED) is 0.525. The van der Waals surface area contributed by atoms with Gasteiger partial charge in [-0.25, -0.2) is 0 Å². The van der Waals surface area contributed by atoms with E-state index in [0.29, 0.717) is 17.4 Å². The fourth-order valence-electron chi connectivity index (χ4n) is 3.47. The first kappa shape index (κ1) is 18.8. The number of carbonyl (C=O) groups is 1. The average Bonchev–Trinajstić information content (AvgIpc) is 3.20. The van der Waals surface area contributed by atoms with E-state index in [4.69, 9.17) is 12.2 Å². The Hall–Kier alpha value is -2.57. The molecule has 142 valence electrons. The predicted octanol–water partition coefficient (Wildman–Crippen LogP) is 5.00. The van der Waals surface area contributed by atoms with Gasteiger partial charge in [0.25, 0.3) is 5.91 Å². The van der Waals surface area contributed by atoms with Gasteiger partial charge in [0, 0.05) is 18.0 Å². The van der Waals surface area contributed by atoms with Gasteiger partial charge in [-0.05, 0) is 62.5 Å². The van der Waals surface area contributed by atoms with Crippen LogP contribution in [-0.4, -0.2) is 29.0 Å². The molecular weight excluding hydrogens is 386 g/mol. The van der Waals surface area contributed by atoms with E-state index >= 15 is 0 Å². The molecule has 0 aliphatic carbocycles. The van der Waals surface area contributed by atoms with Crippen LogP contribution in [0.15, 0.2) is 82.4 Å². The molecular formula is C22H21N3OS2. The summed E-state index contributed by atoms with van der Waals surface area (Å²) in [7, 11) is 0. The van der Waals surface area contributed by atoms with Crippen LogP contribution in [-0.2, 0) is 4.79 Å². The zero-order valence-corrected chi connectivity index (χ0v) is 17.5. The molecule has 0 bridgehead atoms. The molecule has 2 aliphatic rings. The first-order valence-electron chi connectivity index (χ1n) is 9.33. The molecule has 2 aromatic carbocycles. The Balaban J connectivity index is 1.68. The predicted molar refractivity (Wildman–Crippen MR) is 120 cm³/mol. The summed E-state index contributed by atoms with van der Waals surface area (Å²) in [6, 6.07) is 17.9. The lowest BCUT2D eigenvalue weighted by Crippen LogP contribution is -2.32. The molecule has 0 spiro atoms. The molecule has 0 saturated carbocycles. The van der Waals surface area contributed by atoms with Gasteiger partial charge in [0.05, 0.1) is 16.4 Å². The molecule has 4 nitrogen and oxygen atoms in total. The van der Waals surface area contributed by atoms with Crippen LogP contribution in [0.4, 0.5) is 11.4 Å². The summed E-state index contributed by atoms with van der Waals surface area (Å²) in [6.45, 7) is 5.66. The topological polar surface area (TPSA) is 26.8 Å². The normalized spacial score (nSPS) is 19.3. The smallest absolute Gasteiger partial charge is 0.281 e. The fourth-order valence-corrected chi connectivity index (χ4v) is 5.01. The number of thiocarbonyl (C=S) groups is 1. The number of anilines is 2. The van der Waals surface area contributed by atoms with Gasteiger partial charge in [-0.2, -0.15) is 0 Å². The van der Waals surface area contributed by atoms with E-state index in [1.807, 2.05) is 54.3 Å². The number of thioether (sulfide) groups is 1. The van der Waals surface area contributed by atoms with Crippen molar-refractivity contribution in [3.63, 3.8) is 0 Å². The Labute approximate surface area is 175 Å². The molecule has 2 heterocycles. The lowest BCUT2D eigenvalue weighted by molar-refractivity contribution is -0.114. The van der Waals surface area contributed by atoms with Crippen molar-refractivity contribution in [2.24, 2.45) is 0 Å². The standard InChI is InChI=1S/C22H21N3OS2/c1-3-23-17-12-8-9-13-19(17)28-20(23)15-14-18-21(26)25(22(27)24(18)4-2)16-10-6-5-7-11-16/h5-15H,3-4H2,1-2H3. The lowest BCUT2D eigenvalue weighted by atomic mass is 10.2. The number of rotatable bonds is 4. The molecule has 0 atom stereocenters. The zero-order chi connectivity index (χ0) is 19.7. The van der Waals surface area contributed by atoms with E-state index in [-0.39, 0.29) is 5.91 Å². The number of carbonyl (C=O) groups excluding carboxylic acids is 1. The second-order valence-corrected chi connectivity index (χ2v) is 7.80. The summed E-state index contributed by atoms with van der Waals surface area (Å²) in [4.78, 5) is 20.1. The molecule has 1 saturated heterocycles. The summed E-state index contributed by atoms with van der Waals surface area (Å²) in [5.41, 5.74) is 2.62. The fraction of sp³-hybridized carbons (Fsp3) is 0.182. The maximum absolute atomic E-state index is 13.1. The molecule has 1 amide bonds. The molecule has 0 aromatic heterocycles. The molecule has 28 heavy (non-hydrogen) atoms. The van der Waals surface area contributed by atoms with E-state index < -0.39 is 0 Å². The van der Waals surface area contributed by atoms with Crippen LogP contribution in [0.1, 0.15) is 13.8 Å². The first-order valence-corrected chi connectivity index (χ1v) is 10.6. The molecule has 2 aromatic rings. The van der Waals surface area contributed by atoms with Crippen LogP contribution >= 0.6 is 24.0 Å². The summed E-state index contributed by atoms with van der Waals surface area (Å²) in [6.07, 6.45) is 3.93. The Bertz CT molecular complexity index is 984. The second kappa shape index (κ2) is 7.81. The molecule has 1 fully saturated rings. The van der Waals surface area contributed by atoms with Gasteiger partial charge in [0.2, 0.25) is 0 Å². The largest absolute Gasteiger partial charge is 0.335 e. The number of hydrogen-bond acceptors (Lipinski definition) is 4. The molecule has 0 unspecified atom stereocenters. The number of amides is 1. The summed E-state index contributed by atoms with van der Waals surface area (Å²) < 4.78 is 0. The molecule has 2 aliphatic heterocycles. The third-order valence-corrected chi connectivity index (χ3v) is 6.34. The number of para-hydroxylation sites is 2. The Kier molecular flexibility index (Phi) is 5.24. The van der Waals surface area contributed by atoms with Gasteiger partial charge >= 0.3 is 0 Å². The van der Waals surface area contributed by atoms with E-state index in [2.05, 4.69) is 36.1 Å². The summed E-state index contributed by atoms with van der Waals surface area (Å²) in [5, 5.41) is 1.64. The molecule has 0 radical (unpaired) electrons. The van der Waals surface area contributed by atoms with Crippen molar-refractivity contribution >= 4 is 46.4 Å². The highest BCUT2D eigenvalue weighted by molar-refractivity contribution is 8.03. The highest BCUT2D eigenvalue weighted by atomic mass is 32.2. The highest BCUT2D eigenvalue weighted by Gasteiger charge is 2.37. The van der Waals surface area contributed by atoms with E-state index in [1.54, 1.807) is 16.7 Å². The van der Waals surface area contributed by atoms with Gasteiger partial charge in [-0.3, -0.25) is 9.69 Å². The van der Waals surface area contributed by atoms with Crippen LogP contribution in [0.3, 0.4) is 0 Å². The maximum atomic E-state index is 13.1. The van der Waals surface area contributed by atoms with Gasteiger partial charge in [0.1, 0.15) is 5.70 Å². The molecule has 4 rings (SSSR count). The van der Waals surface area contributed by atoms with Gasteiger partial charge in [-0.1, -0.05) is 42.1 Å². The van der Waals surface area contributed by atoms with Gasteiger partial charge < -0.3 is 9.80 Å².